The van der Waals surface area contributed by atoms with Gasteiger partial charge in [0.25, 0.3) is 0 Å². The molecule has 3 N–H and O–H groups in total. The molecule has 1 aromatic carbocycles. The van der Waals surface area contributed by atoms with E-state index in [4.69, 9.17) is 0 Å². The predicted octanol–water partition coefficient (Wildman–Crippen LogP) is 1.90. The molecule has 1 saturated heterocycles. The molecule has 0 saturated carbocycles. The zero-order valence-electron chi connectivity index (χ0n) is 14.2. The highest BCUT2D eigenvalue weighted by atomic mass is 19.1. The van der Waals surface area contributed by atoms with Crippen molar-refractivity contribution in [1.82, 2.24) is 10.2 Å². The number of carbonyl (C=O) groups excluding carboxylic acids is 2. The zero-order valence-corrected chi connectivity index (χ0v) is 14.2. The Morgan fingerprint density at radius 1 is 1.28 bits per heavy atom. The molecular weight excluding hydrogens is 329 g/mol. The van der Waals surface area contributed by atoms with E-state index in [1.165, 1.54) is 18.2 Å². The number of aliphatic carboxylic acids is 1. The monoisotopic (exact) mass is 351 g/mol. The van der Waals surface area contributed by atoms with Crippen LogP contribution in [0.4, 0.5) is 14.9 Å². The number of carboxylic acids is 1. The number of nitrogens with zero attached hydrogens (tertiary/aromatic N) is 1. The highest BCUT2D eigenvalue weighted by Crippen LogP contribution is 2.23. The fourth-order valence-electron chi connectivity index (χ4n) is 2.99. The Labute approximate surface area is 145 Å². The number of imide groups is 1. The van der Waals surface area contributed by atoms with Gasteiger partial charge in [0, 0.05) is 13.1 Å². The molecule has 3 unspecified atom stereocenters. The van der Waals surface area contributed by atoms with Crippen LogP contribution >= 0.6 is 0 Å². The summed E-state index contributed by atoms with van der Waals surface area (Å²) in [5, 5.41) is 13.6. The highest BCUT2D eigenvalue weighted by molar-refractivity contribution is 6.02. The first kappa shape index (κ1) is 18.9. The summed E-state index contributed by atoms with van der Waals surface area (Å²) in [6.07, 6.45) is 0.563. The molecule has 0 spiro atoms. The zero-order chi connectivity index (χ0) is 18.6. The molecule has 0 aliphatic carbocycles. The topological polar surface area (TPSA) is 98.7 Å². The number of nitrogens with one attached hydrogen (secondary N) is 2. The molecule has 2 rings (SSSR count). The van der Waals surface area contributed by atoms with Gasteiger partial charge in [0.05, 0.1) is 17.6 Å². The first-order valence-electron chi connectivity index (χ1n) is 8.11. The van der Waals surface area contributed by atoms with Gasteiger partial charge in [0.1, 0.15) is 5.82 Å². The molecule has 1 heterocycles. The van der Waals surface area contributed by atoms with Crippen molar-refractivity contribution in [2.24, 2.45) is 11.8 Å². The van der Waals surface area contributed by atoms with Crippen molar-refractivity contribution < 1.29 is 23.9 Å². The van der Waals surface area contributed by atoms with Crippen molar-refractivity contribution in [3.63, 3.8) is 0 Å². The summed E-state index contributed by atoms with van der Waals surface area (Å²) in [4.78, 5) is 37.1. The number of likely N-dealkylation sites (tertiary alicyclic amines) is 1. The van der Waals surface area contributed by atoms with Gasteiger partial charge < -0.3 is 10.4 Å². The molecule has 0 bridgehead atoms. The van der Waals surface area contributed by atoms with Crippen LogP contribution in [-0.4, -0.2) is 47.0 Å². The van der Waals surface area contributed by atoms with Crippen LogP contribution in [0.2, 0.25) is 0 Å². The second-order valence-electron chi connectivity index (χ2n) is 6.43. The minimum atomic E-state index is -0.888. The van der Waals surface area contributed by atoms with Crippen molar-refractivity contribution in [2.45, 2.75) is 26.3 Å². The maximum Gasteiger partial charge on any atom is 0.326 e. The summed E-state index contributed by atoms with van der Waals surface area (Å²) in [6, 6.07) is 4.12. The summed E-state index contributed by atoms with van der Waals surface area (Å²) in [6.45, 7) is 4.37. The van der Waals surface area contributed by atoms with E-state index in [9.17, 15) is 23.9 Å². The fraction of sp³-hybridized carbons (Fsp3) is 0.471. The largest absolute Gasteiger partial charge is 0.481 e. The standard InChI is InChI=1S/C17H22FN3O4/c1-10-7-12(16(23)24)9-21(8-10)11(2)15(22)20-17(25)19-14-6-4-3-5-13(14)18/h3-6,10-12H,7-9H2,1-2H3,(H,23,24)(H2,19,20,22,25). The maximum atomic E-state index is 13.5. The highest BCUT2D eigenvalue weighted by Gasteiger charge is 2.34. The third-order valence-corrected chi connectivity index (χ3v) is 4.32. The van der Waals surface area contributed by atoms with Gasteiger partial charge in [0.15, 0.2) is 0 Å². The number of halogens is 1. The van der Waals surface area contributed by atoms with Crippen molar-refractivity contribution in [1.29, 1.82) is 0 Å². The Morgan fingerprint density at radius 3 is 2.60 bits per heavy atom. The Hall–Kier alpha value is -2.48. The van der Waals surface area contributed by atoms with Gasteiger partial charge >= 0.3 is 12.0 Å². The fourth-order valence-corrected chi connectivity index (χ4v) is 2.99. The van der Waals surface area contributed by atoms with E-state index in [-0.39, 0.29) is 18.2 Å². The normalized spacial score (nSPS) is 22.0. The molecule has 25 heavy (non-hydrogen) atoms. The van der Waals surface area contributed by atoms with E-state index < -0.39 is 35.7 Å². The lowest BCUT2D eigenvalue weighted by Gasteiger charge is -2.37. The van der Waals surface area contributed by atoms with Gasteiger partial charge in [-0.25, -0.2) is 9.18 Å². The van der Waals surface area contributed by atoms with E-state index >= 15 is 0 Å². The Morgan fingerprint density at radius 2 is 1.96 bits per heavy atom. The minimum absolute atomic E-state index is 0.0296. The molecule has 1 fully saturated rings. The number of hydrogen-bond donors (Lipinski definition) is 3. The summed E-state index contributed by atoms with van der Waals surface area (Å²) >= 11 is 0. The number of amides is 3. The first-order chi connectivity index (χ1) is 11.8. The number of para-hydroxylation sites is 1. The summed E-state index contributed by atoms with van der Waals surface area (Å²) in [5.74, 6) is -2.45. The Bertz CT molecular complexity index is 667. The number of carbonyl (C=O) groups is 3. The van der Waals surface area contributed by atoms with Crippen LogP contribution < -0.4 is 10.6 Å². The Balaban J connectivity index is 1.94. The van der Waals surface area contributed by atoms with E-state index in [0.717, 1.165) is 0 Å². The lowest BCUT2D eigenvalue weighted by Crippen LogP contribution is -2.53. The second-order valence-corrected chi connectivity index (χ2v) is 6.43. The SMILES string of the molecule is CC1CC(C(=O)O)CN(C(C)C(=O)NC(=O)Nc2ccccc2F)C1. The molecule has 1 aliphatic heterocycles. The van der Waals surface area contributed by atoms with Gasteiger partial charge in [-0.05, 0) is 31.4 Å². The number of rotatable bonds is 4. The van der Waals surface area contributed by atoms with Crippen molar-refractivity contribution >= 4 is 23.6 Å². The van der Waals surface area contributed by atoms with Crippen molar-refractivity contribution in [3.05, 3.63) is 30.1 Å². The van der Waals surface area contributed by atoms with Crippen LogP contribution in [0.3, 0.4) is 0 Å². The number of piperidine rings is 1. The van der Waals surface area contributed by atoms with E-state index in [0.29, 0.717) is 13.0 Å². The average molecular weight is 351 g/mol. The molecule has 1 aliphatic rings. The molecule has 7 nitrogen and oxygen atoms in total. The first-order valence-corrected chi connectivity index (χ1v) is 8.11. The molecule has 1 aromatic rings. The van der Waals surface area contributed by atoms with Crippen molar-refractivity contribution in [2.75, 3.05) is 18.4 Å². The quantitative estimate of drug-likeness (QED) is 0.770. The van der Waals surface area contributed by atoms with E-state index in [1.54, 1.807) is 17.9 Å². The third-order valence-electron chi connectivity index (χ3n) is 4.32. The molecular formula is C17H22FN3O4. The van der Waals surface area contributed by atoms with Gasteiger partial charge in [-0.2, -0.15) is 0 Å². The summed E-state index contributed by atoms with van der Waals surface area (Å²) in [5.41, 5.74) is -0.0296. The van der Waals surface area contributed by atoms with Crippen LogP contribution in [0.15, 0.2) is 24.3 Å². The molecule has 136 valence electrons. The van der Waals surface area contributed by atoms with Crippen LogP contribution in [-0.2, 0) is 9.59 Å². The molecule has 3 atom stereocenters. The summed E-state index contributed by atoms with van der Waals surface area (Å²) < 4.78 is 13.5. The molecule has 3 amide bonds. The second kappa shape index (κ2) is 8.06. The number of hydrogen-bond acceptors (Lipinski definition) is 4. The minimum Gasteiger partial charge on any atom is -0.481 e. The smallest absolute Gasteiger partial charge is 0.326 e. The summed E-state index contributed by atoms with van der Waals surface area (Å²) in [7, 11) is 0. The van der Waals surface area contributed by atoms with Crippen LogP contribution in [0, 0.1) is 17.7 Å². The van der Waals surface area contributed by atoms with Gasteiger partial charge in [-0.3, -0.25) is 19.8 Å². The lowest BCUT2D eigenvalue weighted by molar-refractivity contribution is -0.145. The number of anilines is 1. The van der Waals surface area contributed by atoms with Gasteiger partial charge in [0.2, 0.25) is 5.91 Å². The lowest BCUT2D eigenvalue weighted by atomic mass is 9.89. The van der Waals surface area contributed by atoms with Gasteiger partial charge in [-0.15, -0.1) is 0 Å². The number of carboxylic acid groups (broad SMARTS) is 1. The Kier molecular flexibility index (Phi) is 6.08. The van der Waals surface area contributed by atoms with Crippen molar-refractivity contribution in [3.8, 4) is 0 Å². The maximum absolute atomic E-state index is 13.5. The molecule has 0 radical (unpaired) electrons. The van der Waals surface area contributed by atoms with Crippen LogP contribution in [0.25, 0.3) is 0 Å². The third kappa shape index (κ3) is 4.99. The molecule has 8 heteroatoms. The van der Waals surface area contributed by atoms with Crippen LogP contribution in [0.1, 0.15) is 20.3 Å². The van der Waals surface area contributed by atoms with E-state index in [2.05, 4.69) is 10.6 Å². The number of urea groups is 1. The van der Waals surface area contributed by atoms with Gasteiger partial charge in [-0.1, -0.05) is 19.1 Å². The van der Waals surface area contributed by atoms with Crippen LogP contribution in [0.5, 0.6) is 0 Å². The van der Waals surface area contributed by atoms with E-state index in [1.807, 2.05) is 6.92 Å². The average Bonchev–Trinajstić information content (AvgIpc) is 2.55. The predicted molar refractivity (Wildman–Crippen MR) is 89.5 cm³/mol. The molecule has 0 aromatic heterocycles. The number of benzene rings is 1.